The summed E-state index contributed by atoms with van der Waals surface area (Å²) in [4.78, 5) is 14.2. The minimum Gasteiger partial charge on any atom is -0.493 e. The number of carbonyl (C=O) groups is 1. The molecule has 0 spiro atoms. The predicted octanol–water partition coefficient (Wildman–Crippen LogP) is 5.22. The zero-order valence-electron chi connectivity index (χ0n) is 21.4. The molecule has 2 aliphatic rings. The molecule has 5 nitrogen and oxygen atoms in total. The SMILES string of the molecule is COC(=O)c1ccc(CN2C[C@@H](C)C(Cc3ccc(OCC4CCNCC4)cc3)[C@@H](C)C2)cc1.Cl. The van der Waals surface area contributed by atoms with E-state index in [1.807, 2.05) is 24.3 Å². The van der Waals surface area contributed by atoms with Crippen molar-refractivity contribution in [3.63, 3.8) is 0 Å². The second kappa shape index (κ2) is 13.3. The van der Waals surface area contributed by atoms with Gasteiger partial charge < -0.3 is 14.8 Å². The quantitative estimate of drug-likeness (QED) is 0.503. The van der Waals surface area contributed by atoms with Crippen molar-refractivity contribution in [1.29, 1.82) is 0 Å². The van der Waals surface area contributed by atoms with E-state index in [4.69, 9.17) is 9.47 Å². The van der Waals surface area contributed by atoms with E-state index in [-0.39, 0.29) is 18.4 Å². The lowest BCUT2D eigenvalue weighted by Gasteiger charge is -2.41. The van der Waals surface area contributed by atoms with E-state index in [1.54, 1.807) is 0 Å². The Morgan fingerprint density at radius 3 is 2.14 bits per heavy atom. The summed E-state index contributed by atoms with van der Waals surface area (Å²) >= 11 is 0. The van der Waals surface area contributed by atoms with Gasteiger partial charge in [-0.15, -0.1) is 12.4 Å². The maximum absolute atomic E-state index is 11.7. The highest BCUT2D eigenvalue weighted by Crippen LogP contribution is 2.32. The van der Waals surface area contributed by atoms with Crippen LogP contribution in [0.2, 0.25) is 0 Å². The van der Waals surface area contributed by atoms with Gasteiger partial charge in [-0.05, 0) is 91.4 Å². The van der Waals surface area contributed by atoms with Crippen molar-refractivity contribution in [3.8, 4) is 5.75 Å². The molecule has 2 aromatic carbocycles. The standard InChI is InChI=1S/C29H40N2O3.ClH/c1-21-17-31(19-24-4-8-26(9-5-24)29(32)33-3)18-22(2)28(21)16-23-6-10-27(11-7-23)34-20-25-12-14-30-15-13-25;/h4-11,21-22,25,28,30H,12-20H2,1-3H3;1H/t21-,22+,28?;. The fourth-order valence-corrected chi connectivity index (χ4v) is 5.63. The van der Waals surface area contributed by atoms with Crippen LogP contribution in [0.3, 0.4) is 0 Å². The molecule has 35 heavy (non-hydrogen) atoms. The normalized spacial score (nSPS) is 23.3. The number of carbonyl (C=O) groups excluding carboxylic acids is 1. The summed E-state index contributed by atoms with van der Waals surface area (Å²) in [7, 11) is 1.42. The van der Waals surface area contributed by atoms with Crippen molar-refractivity contribution in [2.45, 2.75) is 39.7 Å². The number of halogens is 1. The first-order valence-corrected chi connectivity index (χ1v) is 12.8. The first-order valence-electron chi connectivity index (χ1n) is 12.8. The predicted molar refractivity (Wildman–Crippen MR) is 143 cm³/mol. The average molecular weight is 501 g/mol. The molecular formula is C29H41ClN2O3. The molecule has 2 fully saturated rings. The van der Waals surface area contributed by atoms with Crippen LogP contribution in [0.15, 0.2) is 48.5 Å². The molecule has 0 amide bonds. The lowest BCUT2D eigenvalue weighted by atomic mass is 9.76. The van der Waals surface area contributed by atoms with Crippen LogP contribution in [0.5, 0.6) is 5.75 Å². The third kappa shape index (κ3) is 7.70. The van der Waals surface area contributed by atoms with E-state index in [0.29, 0.717) is 29.2 Å². The van der Waals surface area contributed by atoms with Crippen LogP contribution in [0.4, 0.5) is 0 Å². The molecular weight excluding hydrogens is 460 g/mol. The van der Waals surface area contributed by atoms with Gasteiger partial charge in [0.15, 0.2) is 0 Å². The number of nitrogens with one attached hydrogen (secondary N) is 1. The Bertz CT molecular complexity index is 901. The molecule has 2 heterocycles. The van der Waals surface area contributed by atoms with Gasteiger partial charge in [-0.2, -0.15) is 0 Å². The van der Waals surface area contributed by atoms with Crippen LogP contribution in [-0.4, -0.2) is 50.8 Å². The summed E-state index contributed by atoms with van der Waals surface area (Å²) < 4.78 is 10.9. The Morgan fingerprint density at radius 2 is 1.54 bits per heavy atom. The molecule has 2 saturated heterocycles. The molecule has 192 valence electrons. The largest absolute Gasteiger partial charge is 0.493 e. The third-order valence-corrected chi connectivity index (χ3v) is 7.67. The average Bonchev–Trinajstić information content (AvgIpc) is 2.86. The van der Waals surface area contributed by atoms with E-state index in [9.17, 15) is 4.79 Å². The molecule has 1 N–H and O–H groups in total. The highest BCUT2D eigenvalue weighted by Gasteiger charge is 2.31. The van der Waals surface area contributed by atoms with Gasteiger partial charge in [-0.25, -0.2) is 4.79 Å². The minimum atomic E-state index is -0.282. The minimum absolute atomic E-state index is 0. The van der Waals surface area contributed by atoms with Crippen LogP contribution in [0, 0.1) is 23.7 Å². The van der Waals surface area contributed by atoms with Crippen LogP contribution in [0.25, 0.3) is 0 Å². The summed E-state index contributed by atoms with van der Waals surface area (Å²) in [6, 6.07) is 16.6. The van der Waals surface area contributed by atoms with Crippen molar-refractivity contribution >= 4 is 18.4 Å². The number of esters is 1. The van der Waals surface area contributed by atoms with Gasteiger partial charge >= 0.3 is 5.97 Å². The number of nitrogens with zero attached hydrogens (tertiary/aromatic N) is 1. The van der Waals surface area contributed by atoms with Crippen LogP contribution in [0.1, 0.15) is 48.2 Å². The number of piperidine rings is 2. The maximum atomic E-state index is 11.7. The first kappa shape index (κ1) is 27.5. The number of rotatable bonds is 8. The lowest BCUT2D eigenvalue weighted by Crippen LogP contribution is -2.44. The number of hydrogen-bond donors (Lipinski definition) is 1. The van der Waals surface area contributed by atoms with E-state index in [1.165, 1.54) is 31.1 Å². The molecule has 1 unspecified atom stereocenters. The number of benzene rings is 2. The van der Waals surface area contributed by atoms with E-state index < -0.39 is 0 Å². The van der Waals surface area contributed by atoms with Crippen LogP contribution < -0.4 is 10.1 Å². The highest BCUT2D eigenvalue weighted by atomic mass is 35.5. The van der Waals surface area contributed by atoms with E-state index in [2.05, 4.69) is 48.3 Å². The third-order valence-electron chi connectivity index (χ3n) is 7.67. The van der Waals surface area contributed by atoms with Crippen molar-refractivity contribution in [2.75, 3.05) is 39.9 Å². The summed E-state index contributed by atoms with van der Waals surface area (Å²) in [5, 5.41) is 3.41. The summed E-state index contributed by atoms with van der Waals surface area (Å²) in [6.45, 7) is 11.0. The van der Waals surface area contributed by atoms with Gasteiger partial charge in [-0.1, -0.05) is 38.1 Å². The van der Waals surface area contributed by atoms with Gasteiger partial charge in [0.2, 0.25) is 0 Å². The van der Waals surface area contributed by atoms with Gasteiger partial charge in [0.05, 0.1) is 19.3 Å². The summed E-state index contributed by atoms with van der Waals surface area (Å²) in [5.74, 6) is 3.34. The molecule has 0 radical (unpaired) electrons. The van der Waals surface area contributed by atoms with Crippen molar-refractivity contribution < 1.29 is 14.3 Å². The van der Waals surface area contributed by atoms with Gasteiger partial charge in [0.25, 0.3) is 0 Å². The van der Waals surface area contributed by atoms with Crippen molar-refractivity contribution in [2.24, 2.45) is 23.7 Å². The lowest BCUT2D eigenvalue weighted by molar-refractivity contribution is 0.0600. The Morgan fingerprint density at radius 1 is 0.943 bits per heavy atom. The van der Waals surface area contributed by atoms with Gasteiger partial charge in [0.1, 0.15) is 5.75 Å². The van der Waals surface area contributed by atoms with E-state index >= 15 is 0 Å². The monoisotopic (exact) mass is 500 g/mol. The number of hydrogen-bond acceptors (Lipinski definition) is 5. The van der Waals surface area contributed by atoms with E-state index in [0.717, 1.165) is 51.5 Å². The fraction of sp³-hybridized carbons (Fsp3) is 0.552. The Kier molecular flexibility index (Phi) is 10.4. The highest BCUT2D eigenvalue weighted by molar-refractivity contribution is 5.89. The molecule has 0 aliphatic carbocycles. The maximum Gasteiger partial charge on any atom is 0.337 e. The second-order valence-corrected chi connectivity index (χ2v) is 10.4. The summed E-state index contributed by atoms with van der Waals surface area (Å²) in [6.07, 6.45) is 3.55. The summed E-state index contributed by atoms with van der Waals surface area (Å²) in [5.41, 5.74) is 3.25. The Hall–Kier alpha value is -2.08. The molecule has 0 aromatic heterocycles. The molecule has 0 bridgehead atoms. The second-order valence-electron chi connectivity index (χ2n) is 10.4. The topological polar surface area (TPSA) is 50.8 Å². The Labute approximate surface area is 217 Å². The van der Waals surface area contributed by atoms with Crippen molar-refractivity contribution in [1.82, 2.24) is 10.2 Å². The van der Waals surface area contributed by atoms with Gasteiger partial charge in [0, 0.05) is 19.6 Å². The van der Waals surface area contributed by atoms with Crippen LogP contribution >= 0.6 is 12.4 Å². The zero-order chi connectivity index (χ0) is 23.9. The molecule has 2 aromatic rings. The molecule has 2 aliphatic heterocycles. The number of likely N-dealkylation sites (tertiary alicyclic amines) is 1. The number of ether oxygens (including phenoxy) is 2. The molecule has 6 heteroatoms. The van der Waals surface area contributed by atoms with Gasteiger partial charge in [-0.3, -0.25) is 4.90 Å². The fourth-order valence-electron chi connectivity index (χ4n) is 5.63. The smallest absolute Gasteiger partial charge is 0.337 e. The van der Waals surface area contributed by atoms with Crippen molar-refractivity contribution in [3.05, 3.63) is 65.2 Å². The molecule has 3 atom stereocenters. The first-order chi connectivity index (χ1) is 16.5. The zero-order valence-corrected chi connectivity index (χ0v) is 22.2. The number of methoxy groups -OCH3 is 1. The molecule has 0 saturated carbocycles. The Balaban J connectivity index is 0.00000342. The molecule has 4 rings (SSSR count). The van der Waals surface area contributed by atoms with Crippen LogP contribution in [-0.2, 0) is 17.7 Å².